The summed E-state index contributed by atoms with van der Waals surface area (Å²) < 4.78 is 11.3. The van der Waals surface area contributed by atoms with Gasteiger partial charge in [-0.15, -0.1) is 0 Å². The minimum Gasteiger partial charge on any atom is -0.394 e. The molecule has 1 saturated heterocycles. The first-order chi connectivity index (χ1) is 44.8. The third-order valence-electron chi connectivity index (χ3n) is 18.7. The molecule has 0 aromatic carbocycles. The number of hydrogen-bond acceptors (Lipinski definition) is 8. The van der Waals surface area contributed by atoms with E-state index in [-0.39, 0.29) is 12.5 Å². The molecule has 1 aliphatic rings. The first-order valence-electron chi connectivity index (χ1n) is 39.7. The Balaban J connectivity index is 2.07. The van der Waals surface area contributed by atoms with Crippen LogP contribution in [0.15, 0.2) is 72.9 Å². The van der Waals surface area contributed by atoms with Gasteiger partial charge in [-0.1, -0.05) is 369 Å². The normalized spacial score (nSPS) is 18.1. The first-order valence-corrected chi connectivity index (χ1v) is 39.7. The van der Waals surface area contributed by atoms with E-state index in [1.807, 2.05) is 6.08 Å². The van der Waals surface area contributed by atoms with Gasteiger partial charge in [-0.2, -0.15) is 0 Å². The van der Waals surface area contributed by atoms with Crippen molar-refractivity contribution < 1.29 is 39.8 Å². The van der Waals surface area contributed by atoms with E-state index < -0.39 is 49.5 Å². The Labute approximate surface area is 563 Å². The number of amides is 1. The largest absolute Gasteiger partial charge is 0.394 e. The van der Waals surface area contributed by atoms with Gasteiger partial charge in [0.2, 0.25) is 5.91 Å². The Morgan fingerprint density at radius 1 is 0.374 bits per heavy atom. The third kappa shape index (κ3) is 58.7. The maximum Gasteiger partial charge on any atom is 0.220 e. The highest BCUT2D eigenvalue weighted by Gasteiger charge is 2.44. The van der Waals surface area contributed by atoms with Crippen molar-refractivity contribution in [3.05, 3.63) is 72.9 Å². The van der Waals surface area contributed by atoms with Gasteiger partial charge in [-0.05, 0) is 83.5 Å². The lowest BCUT2D eigenvalue weighted by Crippen LogP contribution is -2.60. The number of ether oxygens (including phenoxy) is 2. The van der Waals surface area contributed by atoms with Gasteiger partial charge in [0.05, 0.1) is 25.4 Å². The zero-order valence-corrected chi connectivity index (χ0v) is 59.9. The van der Waals surface area contributed by atoms with E-state index in [0.29, 0.717) is 6.42 Å². The molecule has 532 valence electrons. The van der Waals surface area contributed by atoms with Gasteiger partial charge in [0.25, 0.3) is 0 Å². The highest BCUT2D eigenvalue weighted by molar-refractivity contribution is 5.76. The average molecular weight is 1280 g/mol. The van der Waals surface area contributed by atoms with Gasteiger partial charge >= 0.3 is 0 Å². The van der Waals surface area contributed by atoms with Crippen molar-refractivity contribution in [2.24, 2.45) is 0 Å². The van der Waals surface area contributed by atoms with Gasteiger partial charge < -0.3 is 40.3 Å². The van der Waals surface area contributed by atoms with E-state index in [0.717, 1.165) is 57.8 Å². The minimum absolute atomic E-state index is 0.184. The second kappa shape index (κ2) is 70.4. The van der Waals surface area contributed by atoms with Crippen molar-refractivity contribution >= 4 is 5.91 Å². The molecule has 9 heteroatoms. The summed E-state index contributed by atoms with van der Waals surface area (Å²) in [5.41, 5.74) is 0. The van der Waals surface area contributed by atoms with Gasteiger partial charge in [0, 0.05) is 6.42 Å². The molecular weight excluding hydrogens is 1130 g/mol. The molecule has 1 fully saturated rings. The average Bonchev–Trinajstić information content (AvgIpc) is 1.58. The van der Waals surface area contributed by atoms with Crippen LogP contribution in [0.2, 0.25) is 0 Å². The van der Waals surface area contributed by atoms with Crippen LogP contribution in [-0.2, 0) is 14.3 Å². The molecule has 1 heterocycles. The van der Waals surface area contributed by atoms with Crippen LogP contribution in [0, 0.1) is 0 Å². The fraction of sp³-hybridized carbons (Fsp3) is 0.841. The van der Waals surface area contributed by atoms with Crippen LogP contribution in [0.1, 0.15) is 386 Å². The lowest BCUT2D eigenvalue weighted by molar-refractivity contribution is -0.302. The van der Waals surface area contributed by atoms with E-state index >= 15 is 0 Å². The molecule has 1 aliphatic heterocycles. The number of aliphatic hydroxyl groups excluding tert-OH is 5. The lowest BCUT2D eigenvalue weighted by Gasteiger charge is -2.40. The maximum atomic E-state index is 13.2. The van der Waals surface area contributed by atoms with Crippen molar-refractivity contribution in [2.75, 3.05) is 13.2 Å². The fourth-order valence-corrected chi connectivity index (χ4v) is 12.6. The van der Waals surface area contributed by atoms with E-state index in [1.165, 1.54) is 308 Å². The van der Waals surface area contributed by atoms with Crippen LogP contribution in [0.3, 0.4) is 0 Å². The maximum absolute atomic E-state index is 13.2. The zero-order chi connectivity index (χ0) is 65.7. The standard InChI is InChI=1S/C82H151NO8/c1-3-5-7-9-11-13-15-17-19-21-23-25-27-29-31-32-33-34-35-36-37-38-39-40-41-42-43-44-46-48-50-52-54-56-58-60-62-64-66-68-70-72-78(86)83-75(74-90-82-81(89)80(88)79(87)77(73-84)91-82)76(85)71-69-67-65-63-61-59-57-55-53-51-49-47-45-30-28-26-24-22-20-18-16-14-12-10-8-6-4-2/h15,17,21,23,27,29,53,55,61,63,69,71,75-77,79-82,84-85,87-89H,3-14,16,18-20,22,24-26,28,30-52,54,56-60,62,64-68,70,72-74H2,1-2H3,(H,83,86)/b17-15-,23-21-,29-27-,55-53+,63-61+,71-69+. The summed E-state index contributed by atoms with van der Waals surface area (Å²) in [6.07, 6.45) is 93.4. The van der Waals surface area contributed by atoms with Crippen LogP contribution >= 0.6 is 0 Å². The van der Waals surface area contributed by atoms with Crippen LogP contribution in [0.25, 0.3) is 0 Å². The van der Waals surface area contributed by atoms with E-state index in [1.54, 1.807) is 6.08 Å². The van der Waals surface area contributed by atoms with Crippen molar-refractivity contribution in [1.82, 2.24) is 5.32 Å². The summed E-state index contributed by atoms with van der Waals surface area (Å²) in [7, 11) is 0. The second-order valence-corrected chi connectivity index (χ2v) is 27.5. The summed E-state index contributed by atoms with van der Waals surface area (Å²) in [5.74, 6) is -0.184. The molecule has 7 unspecified atom stereocenters. The Bertz CT molecular complexity index is 1670. The molecule has 0 bridgehead atoms. The molecule has 6 N–H and O–H groups in total. The second-order valence-electron chi connectivity index (χ2n) is 27.5. The highest BCUT2D eigenvalue weighted by atomic mass is 16.7. The van der Waals surface area contributed by atoms with Crippen molar-refractivity contribution in [2.45, 2.75) is 429 Å². The molecule has 1 amide bonds. The van der Waals surface area contributed by atoms with Crippen LogP contribution < -0.4 is 5.32 Å². The topological polar surface area (TPSA) is 149 Å². The van der Waals surface area contributed by atoms with E-state index in [4.69, 9.17) is 9.47 Å². The summed E-state index contributed by atoms with van der Waals surface area (Å²) in [4.78, 5) is 13.2. The molecule has 0 radical (unpaired) electrons. The number of allylic oxidation sites excluding steroid dienone is 11. The van der Waals surface area contributed by atoms with Gasteiger partial charge in [-0.25, -0.2) is 0 Å². The molecule has 0 saturated carbocycles. The molecule has 7 atom stereocenters. The number of hydrogen-bond donors (Lipinski definition) is 6. The molecule has 91 heavy (non-hydrogen) atoms. The molecule has 0 aliphatic carbocycles. The number of nitrogens with one attached hydrogen (secondary N) is 1. The molecule has 9 nitrogen and oxygen atoms in total. The molecule has 0 aromatic heterocycles. The number of aliphatic hydroxyl groups is 5. The van der Waals surface area contributed by atoms with Crippen molar-refractivity contribution in [1.29, 1.82) is 0 Å². The molecular formula is C82H151NO8. The summed E-state index contributed by atoms with van der Waals surface area (Å²) >= 11 is 0. The molecule has 0 aromatic rings. The Kier molecular flexibility index (Phi) is 67.1. The fourth-order valence-electron chi connectivity index (χ4n) is 12.6. The molecule has 0 spiro atoms. The quantitative estimate of drug-likeness (QED) is 0.0261. The Hall–Kier alpha value is -2.37. The van der Waals surface area contributed by atoms with Crippen LogP contribution in [-0.4, -0.2) is 87.5 Å². The summed E-state index contributed by atoms with van der Waals surface area (Å²) in [5, 5.41) is 54.8. The number of carbonyl (C=O) groups excluding carboxylic acids is 1. The van der Waals surface area contributed by atoms with E-state index in [2.05, 4.69) is 79.9 Å². The van der Waals surface area contributed by atoms with Gasteiger partial charge in [0.15, 0.2) is 6.29 Å². The van der Waals surface area contributed by atoms with Crippen molar-refractivity contribution in [3.63, 3.8) is 0 Å². The number of carbonyl (C=O) groups is 1. The zero-order valence-electron chi connectivity index (χ0n) is 59.9. The predicted molar refractivity (Wildman–Crippen MR) is 392 cm³/mol. The Morgan fingerprint density at radius 2 is 0.659 bits per heavy atom. The van der Waals surface area contributed by atoms with Gasteiger partial charge in [-0.3, -0.25) is 4.79 Å². The summed E-state index contributed by atoms with van der Waals surface area (Å²) in [6.45, 7) is 3.79. The van der Waals surface area contributed by atoms with Gasteiger partial charge in [0.1, 0.15) is 24.4 Å². The number of rotatable bonds is 70. The van der Waals surface area contributed by atoms with Crippen molar-refractivity contribution in [3.8, 4) is 0 Å². The summed E-state index contributed by atoms with van der Waals surface area (Å²) in [6, 6.07) is -0.831. The monoisotopic (exact) mass is 1280 g/mol. The third-order valence-corrected chi connectivity index (χ3v) is 18.7. The highest BCUT2D eigenvalue weighted by Crippen LogP contribution is 2.24. The lowest BCUT2D eigenvalue weighted by atomic mass is 9.99. The SMILES string of the molecule is CCCCCCC/C=C\C/C=C\C/C=C\CCCCCCCCCCCCCCCCCCCCCCCCCCCCC(=O)NC(COC1OC(CO)C(O)C(O)C1O)C(O)/C=C/CC/C=C/CC/C=C/CCCCCCCCCCCCCCCCCCC. The smallest absolute Gasteiger partial charge is 0.220 e. The van der Waals surface area contributed by atoms with Crippen LogP contribution in [0.4, 0.5) is 0 Å². The first kappa shape index (κ1) is 86.6. The van der Waals surface area contributed by atoms with E-state index in [9.17, 15) is 30.3 Å². The molecule has 1 rings (SSSR count). The predicted octanol–water partition coefficient (Wildman–Crippen LogP) is 22.7. The number of unbranched alkanes of at least 4 members (excludes halogenated alkanes) is 50. The Morgan fingerprint density at radius 3 is 1.00 bits per heavy atom. The van der Waals surface area contributed by atoms with Crippen LogP contribution in [0.5, 0.6) is 0 Å². The minimum atomic E-state index is -1.58.